The molecule has 0 saturated carbocycles. The van der Waals surface area contributed by atoms with Gasteiger partial charge in [0.2, 0.25) is 6.79 Å². The molecule has 0 N–H and O–H groups in total. The molecule has 0 aromatic carbocycles. The molecule has 0 bridgehead atoms. The van der Waals surface area contributed by atoms with Crippen molar-refractivity contribution in [2.75, 3.05) is 27.1 Å². The molecule has 11 nitrogen and oxygen atoms in total. The van der Waals surface area contributed by atoms with Gasteiger partial charge in [-0.25, -0.2) is 9.78 Å². The highest BCUT2D eigenvalue weighted by Crippen LogP contribution is 2.21. The SMILES string of the molecule is C=C/C=C1/OCO/C1=C/CC(=O)N=c1c(C(=O)OCC)cc2c(=O)n3cccc(C)c3nc2n1CCCOC. The van der Waals surface area contributed by atoms with Crippen LogP contribution in [-0.2, 0) is 30.3 Å². The summed E-state index contributed by atoms with van der Waals surface area (Å²) in [5.41, 5.74) is 1.23. The van der Waals surface area contributed by atoms with Crippen molar-refractivity contribution in [2.24, 2.45) is 4.99 Å². The number of aromatic nitrogens is 3. The molecular formula is C28H30N4O7. The van der Waals surface area contributed by atoms with Crippen LogP contribution in [0.1, 0.15) is 35.7 Å². The number of hydrogen-bond donors (Lipinski definition) is 0. The fourth-order valence-corrected chi connectivity index (χ4v) is 4.18. The van der Waals surface area contributed by atoms with Crippen LogP contribution in [0, 0.1) is 6.92 Å². The second-order valence-corrected chi connectivity index (χ2v) is 8.59. The maximum Gasteiger partial charge on any atom is 0.341 e. The molecule has 1 aliphatic rings. The number of ether oxygens (including phenoxy) is 4. The number of pyridine rings is 2. The van der Waals surface area contributed by atoms with Crippen LogP contribution in [-0.4, -0.2) is 52.9 Å². The second-order valence-electron chi connectivity index (χ2n) is 8.59. The number of esters is 1. The molecule has 0 aliphatic carbocycles. The molecule has 0 unspecified atom stereocenters. The van der Waals surface area contributed by atoms with Crippen molar-refractivity contribution < 1.29 is 28.5 Å². The highest BCUT2D eigenvalue weighted by molar-refractivity contribution is 5.94. The predicted molar refractivity (Wildman–Crippen MR) is 143 cm³/mol. The van der Waals surface area contributed by atoms with Gasteiger partial charge >= 0.3 is 5.97 Å². The van der Waals surface area contributed by atoms with E-state index in [0.717, 1.165) is 5.56 Å². The molecular weight excluding hydrogens is 504 g/mol. The van der Waals surface area contributed by atoms with Crippen LogP contribution in [0.3, 0.4) is 0 Å². The topological polar surface area (TPSA) is 123 Å². The number of hydrogen-bond acceptors (Lipinski definition) is 8. The van der Waals surface area contributed by atoms with Gasteiger partial charge < -0.3 is 23.5 Å². The number of fused-ring (bicyclic) bond motifs is 2. The normalized spacial score (nSPS) is 15.6. The Morgan fingerprint density at radius 1 is 1.26 bits per heavy atom. The molecule has 0 spiro atoms. The number of carbonyl (C=O) groups is 2. The molecule has 204 valence electrons. The number of nitrogens with zero attached hydrogens (tertiary/aromatic N) is 4. The minimum absolute atomic E-state index is 0.0121. The lowest BCUT2D eigenvalue weighted by atomic mass is 10.2. The van der Waals surface area contributed by atoms with E-state index in [1.807, 2.05) is 13.0 Å². The van der Waals surface area contributed by atoms with E-state index < -0.39 is 11.9 Å². The smallest absolute Gasteiger partial charge is 0.341 e. The predicted octanol–water partition coefficient (Wildman–Crippen LogP) is 2.95. The van der Waals surface area contributed by atoms with Crippen LogP contribution in [0.5, 0.6) is 0 Å². The first-order valence-corrected chi connectivity index (χ1v) is 12.5. The first-order chi connectivity index (χ1) is 18.9. The average molecular weight is 535 g/mol. The van der Waals surface area contributed by atoms with E-state index in [-0.39, 0.29) is 48.4 Å². The van der Waals surface area contributed by atoms with E-state index in [1.54, 1.807) is 49.1 Å². The largest absolute Gasteiger partial charge is 0.462 e. The van der Waals surface area contributed by atoms with Crippen molar-refractivity contribution in [3.63, 3.8) is 0 Å². The summed E-state index contributed by atoms with van der Waals surface area (Å²) in [5.74, 6) is -0.401. The van der Waals surface area contributed by atoms with Crippen molar-refractivity contribution in [3.8, 4) is 0 Å². The summed E-state index contributed by atoms with van der Waals surface area (Å²) < 4.78 is 24.3. The number of allylic oxidation sites excluding steroid dienone is 2. The monoisotopic (exact) mass is 534 g/mol. The summed E-state index contributed by atoms with van der Waals surface area (Å²) in [7, 11) is 1.57. The third kappa shape index (κ3) is 5.83. The zero-order valence-electron chi connectivity index (χ0n) is 22.1. The van der Waals surface area contributed by atoms with Crippen molar-refractivity contribution in [3.05, 3.63) is 87.7 Å². The fourth-order valence-electron chi connectivity index (χ4n) is 4.18. The highest BCUT2D eigenvalue weighted by atomic mass is 16.7. The number of carbonyl (C=O) groups excluding carboxylic acids is 2. The zero-order valence-corrected chi connectivity index (χ0v) is 22.1. The Balaban J connectivity index is 1.96. The minimum Gasteiger partial charge on any atom is -0.462 e. The highest BCUT2D eigenvalue weighted by Gasteiger charge is 2.21. The van der Waals surface area contributed by atoms with Gasteiger partial charge in [0.05, 0.1) is 18.4 Å². The molecule has 0 radical (unpaired) electrons. The lowest BCUT2D eigenvalue weighted by Gasteiger charge is -2.15. The van der Waals surface area contributed by atoms with Crippen molar-refractivity contribution >= 4 is 28.6 Å². The number of methoxy groups -OCH3 is 1. The maximum atomic E-state index is 13.5. The lowest BCUT2D eigenvalue weighted by molar-refractivity contribution is -0.117. The van der Waals surface area contributed by atoms with Crippen LogP contribution in [0.4, 0.5) is 0 Å². The molecule has 1 saturated heterocycles. The Morgan fingerprint density at radius 2 is 2.05 bits per heavy atom. The number of aryl methyl sites for hydroxylation is 2. The van der Waals surface area contributed by atoms with Gasteiger partial charge in [0.1, 0.15) is 16.9 Å². The lowest BCUT2D eigenvalue weighted by Crippen LogP contribution is -2.33. The summed E-state index contributed by atoms with van der Waals surface area (Å²) in [6.45, 7) is 7.97. The van der Waals surface area contributed by atoms with Gasteiger partial charge in [0.25, 0.3) is 11.5 Å². The van der Waals surface area contributed by atoms with E-state index in [2.05, 4.69) is 11.6 Å². The Labute approximate surface area is 224 Å². The van der Waals surface area contributed by atoms with Crippen molar-refractivity contribution in [1.82, 2.24) is 14.0 Å². The van der Waals surface area contributed by atoms with E-state index in [4.69, 9.17) is 23.9 Å². The van der Waals surface area contributed by atoms with E-state index in [0.29, 0.717) is 35.8 Å². The second kappa shape index (κ2) is 12.4. The molecule has 1 aliphatic heterocycles. The van der Waals surface area contributed by atoms with Crippen LogP contribution < -0.4 is 11.0 Å². The molecule has 4 heterocycles. The zero-order chi connectivity index (χ0) is 27.9. The van der Waals surface area contributed by atoms with Gasteiger partial charge in [0.15, 0.2) is 17.0 Å². The van der Waals surface area contributed by atoms with Gasteiger partial charge in [-0.1, -0.05) is 18.7 Å². The van der Waals surface area contributed by atoms with Crippen LogP contribution in [0.25, 0.3) is 16.7 Å². The Kier molecular flexibility index (Phi) is 8.72. The maximum absolute atomic E-state index is 13.5. The van der Waals surface area contributed by atoms with E-state index in [9.17, 15) is 14.4 Å². The third-order valence-corrected chi connectivity index (χ3v) is 5.96. The average Bonchev–Trinajstić information content (AvgIpc) is 3.36. The summed E-state index contributed by atoms with van der Waals surface area (Å²) in [6.07, 6.45) is 6.74. The first kappa shape index (κ1) is 27.5. The summed E-state index contributed by atoms with van der Waals surface area (Å²) in [4.78, 5) is 48.7. The van der Waals surface area contributed by atoms with Crippen LogP contribution in [0.15, 0.2) is 70.5 Å². The van der Waals surface area contributed by atoms with Crippen LogP contribution >= 0.6 is 0 Å². The molecule has 4 rings (SSSR count). The molecule has 11 heteroatoms. The molecule has 39 heavy (non-hydrogen) atoms. The molecule has 1 fully saturated rings. The van der Waals surface area contributed by atoms with Crippen molar-refractivity contribution in [1.29, 1.82) is 0 Å². The Hall–Kier alpha value is -4.51. The number of amides is 1. The standard InChI is InChI=1S/C28H30N4O7/c1-5-9-21-22(39-17-38-21)11-12-23(33)29-26-20(28(35)37-6-2)16-19-25(31(26)14-8-15-36-4)30-24-18(3)10-7-13-32(24)27(19)34/h5,7,9-11,13,16H,1,6,8,12,14-15,17H2,2-4H3/b21-9+,22-11+,29-26?. The van der Waals surface area contributed by atoms with Gasteiger partial charge in [-0.2, -0.15) is 4.99 Å². The minimum atomic E-state index is -0.706. The van der Waals surface area contributed by atoms with E-state index in [1.165, 1.54) is 10.5 Å². The summed E-state index contributed by atoms with van der Waals surface area (Å²) in [6, 6.07) is 5.00. The van der Waals surface area contributed by atoms with Gasteiger partial charge in [-0.15, -0.1) is 0 Å². The van der Waals surface area contributed by atoms with Gasteiger partial charge in [-0.3, -0.25) is 14.0 Å². The Morgan fingerprint density at radius 3 is 2.79 bits per heavy atom. The van der Waals surface area contributed by atoms with Gasteiger partial charge in [-0.05, 0) is 50.1 Å². The summed E-state index contributed by atoms with van der Waals surface area (Å²) in [5, 5.41) is 0.197. The Bertz CT molecular complexity index is 1630. The van der Waals surface area contributed by atoms with Crippen LogP contribution in [0.2, 0.25) is 0 Å². The summed E-state index contributed by atoms with van der Waals surface area (Å²) >= 11 is 0. The molecule has 3 aromatic heterocycles. The molecule has 0 atom stereocenters. The number of rotatable bonds is 9. The molecule has 3 aromatic rings. The fraction of sp³-hybridized carbons (Fsp3) is 0.321. The third-order valence-electron chi connectivity index (χ3n) is 5.96. The quantitative estimate of drug-likeness (QED) is 0.233. The van der Waals surface area contributed by atoms with Gasteiger partial charge in [0, 0.05) is 26.5 Å². The van der Waals surface area contributed by atoms with Crippen molar-refractivity contribution in [2.45, 2.75) is 33.2 Å². The van der Waals surface area contributed by atoms with E-state index >= 15 is 0 Å². The first-order valence-electron chi connectivity index (χ1n) is 12.5. The molecule has 1 amide bonds.